The summed E-state index contributed by atoms with van der Waals surface area (Å²) in [6, 6.07) is 5.79. The lowest BCUT2D eigenvalue weighted by Gasteiger charge is -2.32. The zero-order valence-corrected chi connectivity index (χ0v) is 14.2. The van der Waals surface area contributed by atoms with Gasteiger partial charge in [-0.3, -0.25) is 9.78 Å². The van der Waals surface area contributed by atoms with Gasteiger partial charge in [-0.15, -0.1) is 0 Å². The van der Waals surface area contributed by atoms with Crippen LogP contribution in [0.3, 0.4) is 0 Å². The van der Waals surface area contributed by atoms with Crippen LogP contribution in [0.1, 0.15) is 29.8 Å². The van der Waals surface area contributed by atoms with Crippen LogP contribution in [0.5, 0.6) is 0 Å². The summed E-state index contributed by atoms with van der Waals surface area (Å²) in [5.74, 6) is 0.810. The van der Waals surface area contributed by atoms with Crippen LogP contribution in [0.15, 0.2) is 30.6 Å². The molecule has 3 rings (SSSR count). The van der Waals surface area contributed by atoms with E-state index in [1.54, 1.807) is 12.4 Å². The highest BCUT2D eigenvalue weighted by Gasteiger charge is 2.27. The molecular formula is C18H23N5O. The van der Waals surface area contributed by atoms with Crippen LogP contribution < -0.4 is 10.2 Å². The molecule has 1 aliphatic rings. The average molecular weight is 325 g/mol. The van der Waals surface area contributed by atoms with Crippen LogP contribution in [0, 0.1) is 19.8 Å². The molecular weight excluding hydrogens is 302 g/mol. The molecule has 0 radical (unpaired) electrons. The van der Waals surface area contributed by atoms with Gasteiger partial charge in [0.05, 0.1) is 5.92 Å². The standard InChI is InChI=1S/C18H23N5O/c1-13-10-14(2)22-18(21-13)23-9-3-4-16(12-23)17(24)20-11-15-5-7-19-8-6-15/h5-8,10,16H,3-4,9,11-12H2,1-2H3,(H,20,24)/t16-/m1/s1. The summed E-state index contributed by atoms with van der Waals surface area (Å²) in [6.07, 6.45) is 5.36. The maximum absolute atomic E-state index is 12.5. The Balaban J connectivity index is 1.61. The SMILES string of the molecule is Cc1cc(C)nc(N2CCC[C@@H](C(=O)NCc3ccncc3)C2)n1. The van der Waals surface area contributed by atoms with Gasteiger partial charge in [0.1, 0.15) is 0 Å². The van der Waals surface area contributed by atoms with Crippen LogP contribution in [0.4, 0.5) is 5.95 Å². The molecule has 6 nitrogen and oxygen atoms in total. The normalized spacial score (nSPS) is 17.6. The van der Waals surface area contributed by atoms with Crippen LogP contribution in [0.2, 0.25) is 0 Å². The molecule has 0 bridgehead atoms. The largest absolute Gasteiger partial charge is 0.352 e. The zero-order chi connectivity index (χ0) is 16.9. The number of hydrogen-bond donors (Lipinski definition) is 1. The first-order valence-electron chi connectivity index (χ1n) is 8.35. The van der Waals surface area contributed by atoms with Crippen molar-refractivity contribution in [1.82, 2.24) is 20.3 Å². The number of aryl methyl sites for hydroxylation is 2. The number of pyridine rings is 1. The first-order valence-corrected chi connectivity index (χ1v) is 8.35. The van der Waals surface area contributed by atoms with Crippen LogP contribution in [-0.2, 0) is 11.3 Å². The molecule has 0 saturated carbocycles. The number of rotatable bonds is 4. The van der Waals surface area contributed by atoms with Crippen molar-refractivity contribution < 1.29 is 4.79 Å². The Morgan fingerprint density at radius 2 is 1.96 bits per heavy atom. The average Bonchev–Trinajstić information content (AvgIpc) is 2.60. The zero-order valence-electron chi connectivity index (χ0n) is 14.2. The van der Waals surface area contributed by atoms with Gasteiger partial charge in [-0.05, 0) is 50.5 Å². The van der Waals surface area contributed by atoms with E-state index in [2.05, 4.69) is 25.2 Å². The summed E-state index contributed by atoms with van der Waals surface area (Å²) in [6.45, 7) is 6.06. The van der Waals surface area contributed by atoms with Gasteiger partial charge in [0, 0.05) is 43.4 Å². The molecule has 1 aliphatic heterocycles. The van der Waals surface area contributed by atoms with Crippen molar-refractivity contribution in [3.05, 3.63) is 47.5 Å². The molecule has 0 aromatic carbocycles. The highest BCUT2D eigenvalue weighted by Crippen LogP contribution is 2.21. The van der Waals surface area contributed by atoms with E-state index in [0.717, 1.165) is 42.3 Å². The van der Waals surface area contributed by atoms with E-state index in [-0.39, 0.29) is 11.8 Å². The molecule has 3 heterocycles. The molecule has 2 aromatic rings. The van der Waals surface area contributed by atoms with E-state index in [9.17, 15) is 4.79 Å². The molecule has 6 heteroatoms. The fourth-order valence-electron chi connectivity index (χ4n) is 3.06. The maximum Gasteiger partial charge on any atom is 0.225 e. The number of hydrogen-bond acceptors (Lipinski definition) is 5. The molecule has 0 unspecified atom stereocenters. The van der Waals surface area contributed by atoms with E-state index in [1.807, 2.05) is 32.0 Å². The number of nitrogens with zero attached hydrogens (tertiary/aromatic N) is 4. The van der Waals surface area contributed by atoms with E-state index in [1.165, 1.54) is 0 Å². The van der Waals surface area contributed by atoms with Crippen molar-refractivity contribution >= 4 is 11.9 Å². The van der Waals surface area contributed by atoms with Gasteiger partial charge in [-0.1, -0.05) is 0 Å². The topological polar surface area (TPSA) is 71.0 Å². The molecule has 1 amide bonds. The summed E-state index contributed by atoms with van der Waals surface area (Å²) < 4.78 is 0. The van der Waals surface area contributed by atoms with Crippen molar-refractivity contribution in [2.75, 3.05) is 18.0 Å². The van der Waals surface area contributed by atoms with Crippen molar-refractivity contribution in [3.63, 3.8) is 0 Å². The fourth-order valence-corrected chi connectivity index (χ4v) is 3.06. The van der Waals surface area contributed by atoms with Gasteiger partial charge in [0.2, 0.25) is 11.9 Å². The third-order valence-corrected chi connectivity index (χ3v) is 4.26. The van der Waals surface area contributed by atoms with Gasteiger partial charge in [-0.2, -0.15) is 0 Å². The molecule has 2 aromatic heterocycles. The van der Waals surface area contributed by atoms with Gasteiger partial charge >= 0.3 is 0 Å². The van der Waals surface area contributed by atoms with Crippen molar-refractivity contribution in [2.45, 2.75) is 33.2 Å². The van der Waals surface area contributed by atoms with E-state index in [4.69, 9.17) is 0 Å². The number of amides is 1. The van der Waals surface area contributed by atoms with E-state index < -0.39 is 0 Å². The number of aromatic nitrogens is 3. The lowest BCUT2D eigenvalue weighted by Crippen LogP contribution is -2.43. The quantitative estimate of drug-likeness (QED) is 0.931. The predicted octanol–water partition coefficient (Wildman–Crippen LogP) is 2.02. The van der Waals surface area contributed by atoms with E-state index >= 15 is 0 Å². The third kappa shape index (κ3) is 4.07. The second-order valence-corrected chi connectivity index (χ2v) is 6.31. The van der Waals surface area contributed by atoms with Gasteiger partial charge in [0.25, 0.3) is 0 Å². The Bertz CT molecular complexity index is 684. The molecule has 1 N–H and O–H groups in total. The van der Waals surface area contributed by atoms with E-state index in [0.29, 0.717) is 13.1 Å². The first-order chi connectivity index (χ1) is 11.6. The lowest BCUT2D eigenvalue weighted by atomic mass is 9.97. The first kappa shape index (κ1) is 16.4. The number of carbonyl (C=O) groups is 1. The number of nitrogens with one attached hydrogen (secondary N) is 1. The van der Waals surface area contributed by atoms with Crippen LogP contribution >= 0.6 is 0 Å². The molecule has 1 saturated heterocycles. The number of anilines is 1. The summed E-state index contributed by atoms with van der Waals surface area (Å²) >= 11 is 0. The Hall–Kier alpha value is -2.50. The number of carbonyl (C=O) groups excluding carboxylic acids is 1. The Morgan fingerprint density at radius 3 is 2.67 bits per heavy atom. The highest BCUT2D eigenvalue weighted by atomic mass is 16.1. The summed E-state index contributed by atoms with van der Waals surface area (Å²) in [7, 11) is 0. The minimum atomic E-state index is -0.0231. The molecule has 0 spiro atoms. The molecule has 1 atom stereocenters. The summed E-state index contributed by atoms with van der Waals surface area (Å²) in [4.78, 5) is 27.6. The van der Waals surface area contributed by atoms with Gasteiger partial charge in [0.15, 0.2) is 0 Å². The third-order valence-electron chi connectivity index (χ3n) is 4.26. The minimum absolute atomic E-state index is 0.0231. The Morgan fingerprint density at radius 1 is 1.25 bits per heavy atom. The monoisotopic (exact) mass is 325 g/mol. The minimum Gasteiger partial charge on any atom is -0.352 e. The lowest BCUT2D eigenvalue weighted by molar-refractivity contribution is -0.125. The Labute approximate surface area is 142 Å². The van der Waals surface area contributed by atoms with Crippen molar-refractivity contribution in [1.29, 1.82) is 0 Å². The van der Waals surface area contributed by atoms with Gasteiger partial charge < -0.3 is 10.2 Å². The Kier molecular flexibility index (Phi) is 5.03. The summed E-state index contributed by atoms with van der Waals surface area (Å²) in [5, 5.41) is 3.03. The molecule has 1 fully saturated rings. The second kappa shape index (κ2) is 7.38. The second-order valence-electron chi connectivity index (χ2n) is 6.31. The highest BCUT2D eigenvalue weighted by molar-refractivity contribution is 5.79. The van der Waals surface area contributed by atoms with Gasteiger partial charge in [-0.25, -0.2) is 9.97 Å². The number of piperidine rings is 1. The van der Waals surface area contributed by atoms with Crippen molar-refractivity contribution in [2.24, 2.45) is 5.92 Å². The molecule has 24 heavy (non-hydrogen) atoms. The van der Waals surface area contributed by atoms with Crippen molar-refractivity contribution in [3.8, 4) is 0 Å². The molecule has 0 aliphatic carbocycles. The molecule has 126 valence electrons. The fraction of sp³-hybridized carbons (Fsp3) is 0.444. The van der Waals surface area contributed by atoms with Crippen LogP contribution in [0.25, 0.3) is 0 Å². The summed E-state index contributed by atoms with van der Waals surface area (Å²) in [5.41, 5.74) is 2.98. The maximum atomic E-state index is 12.5. The van der Waals surface area contributed by atoms with Crippen LogP contribution in [-0.4, -0.2) is 33.9 Å². The smallest absolute Gasteiger partial charge is 0.225 e. The predicted molar refractivity (Wildman–Crippen MR) is 92.5 cm³/mol.